The van der Waals surface area contributed by atoms with Gasteiger partial charge in [0.1, 0.15) is 5.75 Å². The molecule has 24 heavy (non-hydrogen) atoms. The molecule has 3 rings (SSSR count). The Morgan fingerprint density at radius 1 is 1.08 bits per heavy atom. The van der Waals surface area contributed by atoms with Crippen molar-refractivity contribution in [1.29, 1.82) is 0 Å². The molecule has 0 fully saturated rings. The Bertz CT molecular complexity index is 697. The van der Waals surface area contributed by atoms with Crippen LogP contribution in [-0.4, -0.2) is 25.9 Å². The van der Waals surface area contributed by atoms with Crippen molar-refractivity contribution in [3.05, 3.63) is 53.6 Å². The average Bonchev–Trinajstić information content (AvgIpc) is 3.05. The lowest BCUT2D eigenvalue weighted by Crippen LogP contribution is -2.27. The minimum Gasteiger partial charge on any atom is -0.494 e. The second kappa shape index (κ2) is 7.73. The van der Waals surface area contributed by atoms with E-state index in [4.69, 9.17) is 14.2 Å². The van der Waals surface area contributed by atoms with Gasteiger partial charge in [0, 0.05) is 6.54 Å². The Labute approximate surface area is 141 Å². The normalized spacial score (nSPS) is 12.0. The molecule has 0 aliphatic carbocycles. The standard InChI is InChI=1S/C19H21NO4/c1-2-22-16-6-3-14(4-7-16)12-19(21)20-10-9-15-5-8-17-18(11-15)24-13-23-17/h3-8,11H,2,9-10,12-13H2,1H3,(H,20,21). The minimum absolute atomic E-state index is 0.0138. The molecule has 0 saturated carbocycles. The zero-order chi connectivity index (χ0) is 16.8. The number of ether oxygens (including phenoxy) is 3. The molecule has 1 N–H and O–H groups in total. The predicted octanol–water partition coefficient (Wildman–Crippen LogP) is 2.72. The minimum atomic E-state index is 0.0138. The van der Waals surface area contributed by atoms with Crippen LogP contribution in [0.3, 0.4) is 0 Å². The van der Waals surface area contributed by atoms with E-state index in [2.05, 4.69) is 5.32 Å². The number of amides is 1. The fourth-order valence-corrected chi connectivity index (χ4v) is 2.56. The summed E-state index contributed by atoms with van der Waals surface area (Å²) in [7, 11) is 0. The van der Waals surface area contributed by atoms with Gasteiger partial charge in [-0.2, -0.15) is 0 Å². The van der Waals surface area contributed by atoms with E-state index in [-0.39, 0.29) is 12.7 Å². The van der Waals surface area contributed by atoms with Crippen LogP contribution in [0.5, 0.6) is 17.2 Å². The number of fused-ring (bicyclic) bond motifs is 1. The van der Waals surface area contributed by atoms with Crippen LogP contribution in [0.1, 0.15) is 18.1 Å². The molecule has 0 saturated heterocycles. The van der Waals surface area contributed by atoms with E-state index in [1.165, 1.54) is 0 Å². The summed E-state index contributed by atoms with van der Waals surface area (Å²) in [4.78, 5) is 12.0. The summed E-state index contributed by atoms with van der Waals surface area (Å²) < 4.78 is 16.0. The smallest absolute Gasteiger partial charge is 0.231 e. The fourth-order valence-electron chi connectivity index (χ4n) is 2.56. The zero-order valence-electron chi connectivity index (χ0n) is 13.7. The highest BCUT2D eigenvalue weighted by atomic mass is 16.7. The van der Waals surface area contributed by atoms with Gasteiger partial charge >= 0.3 is 0 Å². The maximum atomic E-state index is 12.0. The third-order valence-electron chi connectivity index (χ3n) is 3.77. The SMILES string of the molecule is CCOc1ccc(CC(=O)NCCc2ccc3c(c2)OCO3)cc1. The lowest BCUT2D eigenvalue weighted by molar-refractivity contribution is -0.120. The molecule has 1 amide bonds. The highest BCUT2D eigenvalue weighted by molar-refractivity contribution is 5.78. The van der Waals surface area contributed by atoms with Crippen LogP contribution < -0.4 is 19.5 Å². The summed E-state index contributed by atoms with van der Waals surface area (Å²) in [6, 6.07) is 13.5. The van der Waals surface area contributed by atoms with Gasteiger partial charge in [0.15, 0.2) is 11.5 Å². The van der Waals surface area contributed by atoms with Gasteiger partial charge < -0.3 is 19.5 Å². The van der Waals surface area contributed by atoms with Crippen molar-refractivity contribution in [2.45, 2.75) is 19.8 Å². The monoisotopic (exact) mass is 327 g/mol. The van der Waals surface area contributed by atoms with E-state index < -0.39 is 0 Å². The number of carbonyl (C=O) groups is 1. The Hall–Kier alpha value is -2.69. The molecule has 0 aromatic heterocycles. The maximum absolute atomic E-state index is 12.0. The molecule has 0 atom stereocenters. The molecular formula is C19H21NO4. The summed E-state index contributed by atoms with van der Waals surface area (Å²) in [6.45, 7) is 3.45. The highest BCUT2D eigenvalue weighted by Crippen LogP contribution is 2.32. The van der Waals surface area contributed by atoms with Crippen molar-refractivity contribution in [3.63, 3.8) is 0 Å². The van der Waals surface area contributed by atoms with Crippen molar-refractivity contribution < 1.29 is 19.0 Å². The molecule has 1 aliphatic rings. The van der Waals surface area contributed by atoms with E-state index in [1.807, 2.05) is 49.4 Å². The van der Waals surface area contributed by atoms with Gasteiger partial charge in [0.2, 0.25) is 12.7 Å². The Morgan fingerprint density at radius 2 is 1.83 bits per heavy atom. The molecule has 5 heteroatoms. The average molecular weight is 327 g/mol. The van der Waals surface area contributed by atoms with E-state index in [1.54, 1.807) is 0 Å². The fraction of sp³-hybridized carbons (Fsp3) is 0.316. The molecule has 0 bridgehead atoms. The number of benzene rings is 2. The first kappa shape index (κ1) is 16.2. The van der Waals surface area contributed by atoms with E-state index >= 15 is 0 Å². The van der Waals surface area contributed by atoms with Crippen molar-refractivity contribution in [2.75, 3.05) is 19.9 Å². The van der Waals surface area contributed by atoms with Gasteiger partial charge in [-0.15, -0.1) is 0 Å². The number of hydrogen-bond acceptors (Lipinski definition) is 4. The van der Waals surface area contributed by atoms with Crippen molar-refractivity contribution >= 4 is 5.91 Å². The van der Waals surface area contributed by atoms with Gasteiger partial charge in [-0.1, -0.05) is 18.2 Å². The van der Waals surface area contributed by atoms with Crippen LogP contribution in [0.4, 0.5) is 0 Å². The van der Waals surface area contributed by atoms with Crippen LogP contribution in [-0.2, 0) is 17.6 Å². The van der Waals surface area contributed by atoms with Gasteiger partial charge in [-0.05, 0) is 48.7 Å². The van der Waals surface area contributed by atoms with E-state index in [9.17, 15) is 4.79 Å². The summed E-state index contributed by atoms with van der Waals surface area (Å²) in [5.74, 6) is 2.39. The molecule has 0 radical (unpaired) electrons. The van der Waals surface area contributed by atoms with E-state index in [0.717, 1.165) is 34.8 Å². The number of nitrogens with one attached hydrogen (secondary N) is 1. The largest absolute Gasteiger partial charge is 0.494 e. The molecule has 0 spiro atoms. The predicted molar refractivity (Wildman–Crippen MR) is 90.6 cm³/mol. The van der Waals surface area contributed by atoms with Crippen molar-refractivity contribution in [3.8, 4) is 17.2 Å². The molecule has 0 unspecified atom stereocenters. The van der Waals surface area contributed by atoms with Gasteiger partial charge in [-0.25, -0.2) is 0 Å². The summed E-state index contributed by atoms with van der Waals surface area (Å²) in [6.07, 6.45) is 1.12. The molecule has 5 nitrogen and oxygen atoms in total. The van der Waals surface area contributed by atoms with E-state index in [0.29, 0.717) is 19.6 Å². The highest BCUT2D eigenvalue weighted by Gasteiger charge is 2.13. The first-order valence-corrected chi connectivity index (χ1v) is 8.11. The van der Waals surface area contributed by atoms with Gasteiger partial charge in [0.05, 0.1) is 13.0 Å². The Kier molecular flexibility index (Phi) is 5.21. The first-order chi connectivity index (χ1) is 11.7. The lowest BCUT2D eigenvalue weighted by Gasteiger charge is -2.07. The zero-order valence-corrected chi connectivity index (χ0v) is 13.7. The Balaban J connectivity index is 1.44. The summed E-state index contributed by atoms with van der Waals surface area (Å²) >= 11 is 0. The molecule has 2 aromatic rings. The molecule has 1 aliphatic heterocycles. The second-order valence-corrected chi connectivity index (χ2v) is 5.54. The molecule has 126 valence electrons. The molecule has 2 aromatic carbocycles. The van der Waals surface area contributed by atoms with Crippen molar-refractivity contribution in [1.82, 2.24) is 5.32 Å². The molecular weight excluding hydrogens is 306 g/mol. The van der Waals surface area contributed by atoms with Crippen LogP contribution >= 0.6 is 0 Å². The van der Waals surface area contributed by atoms with Crippen LogP contribution in [0.25, 0.3) is 0 Å². The topological polar surface area (TPSA) is 56.8 Å². The van der Waals surface area contributed by atoms with Crippen LogP contribution in [0.2, 0.25) is 0 Å². The van der Waals surface area contributed by atoms with Gasteiger partial charge in [-0.3, -0.25) is 4.79 Å². The quantitative estimate of drug-likeness (QED) is 0.849. The summed E-state index contributed by atoms with van der Waals surface area (Å²) in [5.41, 5.74) is 2.08. The Morgan fingerprint density at radius 3 is 2.62 bits per heavy atom. The van der Waals surface area contributed by atoms with Crippen LogP contribution in [0.15, 0.2) is 42.5 Å². The molecule has 1 heterocycles. The van der Waals surface area contributed by atoms with Gasteiger partial charge in [0.25, 0.3) is 0 Å². The second-order valence-electron chi connectivity index (χ2n) is 5.54. The first-order valence-electron chi connectivity index (χ1n) is 8.11. The summed E-state index contributed by atoms with van der Waals surface area (Å²) in [5, 5.41) is 2.94. The van der Waals surface area contributed by atoms with Crippen molar-refractivity contribution in [2.24, 2.45) is 0 Å². The number of rotatable bonds is 7. The number of carbonyl (C=O) groups excluding carboxylic acids is 1. The number of hydrogen-bond donors (Lipinski definition) is 1. The third-order valence-corrected chi connectivity index (χ3v) is 3.77. The van der Waals surface area contributed by atoms with Crippen LogP contribution in [0, 0.1) is 0 Å². The third kappa shape index (κ3) is 4.19. The maximum Gasteiger partial charge on any atom is 0.231 e. The lowest BCUT2D eigenvalue weighted by atomic mass is 10.1.